The molecule has 0 bridgehead atoms. The first-order chi connectivity index (χ1) is 5.16. The number of hydrogen-bond donors (Lipinski definition) is 2. The molecule has 1 saturated heterocycles. The van der Waals surface area contributed by atoms with Crippen molar-refractivity contribution in [1.29, 1.82) is 0 Å². The van der Waals surface area contributed by atoms with Crippen LogP contribution >= 0.6 is 0 Å². The quantitative estimate of drug-likeness (QED) is 0.586. The first-order valence-corrected chi connectivity index (χ1v) is 3.91. The van der Waals surface area contributed by atoms with Crippen molar-refractivity contribution in [1.82, 2.24) is 4.90 Å². The molecule has 0 amide bonds. The zero-order chi connectivity index (χ0) is 8.43. The Balaban J connectivity index is 2.61. The SMILES string of the molecule is CCN1C(N)CC[C@H]1C(=O)O. The third-order valence-electron chi connectivity index (χ3n) is 2.21. The highest BCUT2D eigenvalue weighted by Gasteiger charge is 2.34. The van der Waals surface area contributed by atoms with Crippen LogP contribution in [0.5, 0.6) is 0 Å². The minimum atomic E-state index is -0.750. The number of nitrogens with zero attached hydrogens (tertiary/aromatic N) is 1. The molecule has 1 aliphatic rings. The van der Waals surface area contributed by atoms with Gasteiger partial charge in [0.2, 0.25) is 0 Å². The zero-order valence-electron chi connectivity index (χ0n) is 6.66. The summed E-state index contributed by atoms with van der Waals surface area (Å²) in [7, 11) is 0. The molecule has 4 heteroatoms. The molecule has 1 fully saturated rings. The van der Waals surface area contributed by atoms with E-state index in [1.807, 2.05) is 11.8 Å². The van der Waals surface area contributed by atoms with E-state index < -0.39 is 5.97 Å². The summed E-state index contributed by atoms with van der Waals surface area (Å²) in [6.45, 7) is 2.65. The van der Waals surface area contributed by atoms with E-state index in [2.05, 4.69) is 0 Å². The van der Waals surface area contributed by atoms with E-state index in [0.29, 0.717) is 6.42 Å². The van der Waals surface area contributed by atoms with E-state index in [1.165, 1.54) is 0 Å². The van der Waals surface area contributed by atoms with Crippen LogP contribution in [0.2, 0.25) is 0 Å². The number of carbonyl (C=O) groups is 1. The summed E-state index contributed by atoms with van der Waals surface area (Å²) in [6.07, 6.45) is 1.43. The highest BCUT2D eigenvalue weighted by Crippen LogP contribution is 2.20. The normalized spacial score (nSPS) is 32.5. The van der Waals surface area contributed by atoms with Gasteiger partial charge in [-0.25, -0.2) is 0 Å². The lowest BCUT2D eigenvalue weighted by Crippen LogP contribution is -2.44. The summed E-state index contributed by atoms with van der Waals surface area (Å²) in [6, 6.07) is -0.352. The van der Waals surface area contributed by atoms with Gasteiger partial charge in [0.1, 0.15) is 6.04 Å². The standard InChI is InChI=1S/C7H14N2O2/c1-2-9-5(7(10)11)3-4-6(9)8/h5-6H,2-4,8H2,1H3,(H,10,11)/t5-,6?/m0/s1. The molecule has 0 aromatic carbocycles. The summed E-state index contributed by atoms with van der Waals surface area (Å²) in [4.78, 5) is 12.4. The predicted octanol–water partition coefficient (Wildman–Crippen LogP) is -0.160. The maximum Gasteiger partial charge on any atom is 0.320 e. The molecule has 3 N–H and O–H groups in total. The Hall–Kier alpha value is -0.610. The van der Waals surface area contributed by atoms with Crippen LogP contribution in [-0.4, -0.2) is 34.7 Å². The summed E-state index contributed by atoms with van der Waals surface area (Å²) in [5.74, 6) is -0.750. The Bertz CT molecular complexity index is 161. The van der Waals surface area contributed by atoms with Gasteiger partial charge in [-0.05, 0) is 19.4 Å². The van der Waals surface area contributed by atoms with Crippen molar-refractivity contribution >= 4 is 5.97 Å². The fraction of sp³-hybridized carbons (Fsp3) is 0.857. The fourth-order valence-electron chi connectivity index (χ4n) is 1.61. The molecule has 11 heavy (non-hydrogen) atoms. The van der Waals surface area contributed by atoms with Crippen molar-refractivity contribution in [2.75, 3.05) is 6.54 Å². The summed E-state index contributed by atoms with van der Waals surface area (Å²) >= 11 is 0. The minimum absolute atomic E-state index is 0.0545. The molecule has 0 aliphatic carbocycles. The van der Waals surface area contributed by atoms with Crippen LogP contribution in [0.25, 0.3) is 0 Å². The van der Waals surface area contributed by atoms with Gasteiger partial charge in [0.05, 0.1) is 6.17 Å². The lowest BCUT2D eigenvalue weighted by atomic mass is 10.2. The third-order valence-corrected chi connectivity index (χ3v) is 2.21. The van der Waals surface area contributed by atoms with Gasteiger partial charge in [-0.2, -0.15) is 0 Å². The van der Waals surface area contributed by atoms with E-state index in [1.54, 1.807) is 0 Å². The number of nitrogens with two attached hydrogens (primary N) is 1. The molecular formula is C7H14N2O2. The number of likely N-dealkylation sites (tertiary alicyclic amines) is 1. The highest BCUT2D eigenvalue weighted by atomic mass is 16.4. The fourth-order valence-corrected chi connectivity index (χ4v) is 1.61. The van der Waals surface area contributed by atoms with Crippen LogP contribution < -0.4 is 5.73 Å². The van der Waals surface area contributed by atoms with Gasteiger partial charge in [-0.15, -0.1) is 0 Å². The Morgan fingerprint density at radius 1 is 1.73 bits per heavy atom. The minimum Gasteiger partial charge on any atom is -0.480 e. The number of likely N-dealkylation sites (N-methyl/N-ethyl adjacent to an activating group) is 1. The van der Waals surface area contributed by atoms with Gasteiger partial charge in [-0.3, -0.25) is 9.69 Å². The Morgan fingerprint density at radius 2 is 2.36 bits per heavy atom. The molecule has 4 nitrogen and oxygen atoms in total. The Morgan fingerprint density at radius 3 is 2.73 bits per heavy atom. The van der Waals surface area contributed by atoms with Crippen LogP contribution in [0.4, 0.5) is 0 Å². The van der Waals surface area contributed by atoms with Crippen LogP contribution in [0, 0.1) is 0 Å². The maximum atomic E-state index is 10.6. The second-order valence-corrected chi connectivity index (χ2v) is 2.83. The molecule has 0 radical (unpaired) electrons. The lowest BCUT2D eigenvalue weighted by molar-refractivity contribution is -0.142. The molecule has 1 aliphatic heterocycles. The summed E-state index contributed by atoms with van der Waals surface area (Å²) < 4.78 is 0. The first kappa shape index (κ1) is 8.49. The van der Waals surface area contributed by atoms with E-state index >= 15 is 0 Å². The summed E-state index contributed by atoms with van der Waals surface area (Å²) in [5, 5.41) is 8.74. The van der Waals surface area contributed by atoms with E-state index in [4.69, 9.17) is 10.8 Å². The van der Waals surface area contributed by atoms with Crippen LogP contribution in [0.1, 0.15) is 19.8 Å². The number of carboxylic acid groups (broad SMARTS) is 1. The molecule has 1 heterocycles. The monoisotopic (exact) mass is 158 g/mol. The van der Waals surface area contributed by atoms with Gasteiger partial charge in [0.15, 0.2) is 0 Å². The number of carboxylic acids is 1. The molecule has 0 aromatic heterocycles. The average molecular weight is 158 g/mol. The van der Waals surface area contributed by atoms with E-state index in [-0.39, 0.29) is 12.2 Å². The molecule has 2 atom stereocenters. The van der Waals surface area contributed by atoms with Gasteiger partial charge in [0.25, 0.3) is 0 Å². The molecular weight excluding hydrogens is 144 g/mol. The lowest BCUT2D eigenvalue weighted by Gasteiger charge is -2.22. The van der Waals surface area contributed by atoms with Crippen molar-refractivity contribution in [3.05, 3.63) is 0 Å². The van der Waals surface area contributed by atoms with Crippen LogP contribution in [0.3, 0.4) is 0 Å². The first-order valence-electron chi connectivity index (χ1n) is 3.91. The highest BCUT2D eigenvalue weighted by molar-refractivity contribution is 5.73. The maximum absolute atomic E-state index is 10.6. The van der Waals surface area contributed by atoms with Gasteiger partial charge in [0, 0.05) is 0 Å². The average Bonchev–Trinajstić information content (AvgIpc) is 2.30. The molecule has 0 spiro atoms. The number of hydrogen-bond acceptors (Lipinski definition) is 3. The van der Waals surface area contributed by atoms with Crippen LogP contribution in [-0.2, 0) is 4.79 Å². The van der Waals surface area contributed by atoms with Crippen molar-refractivity contribution in [3.8, 4) is 0 Å². The third kappa shape index (κ3) is 1.52. The Labute approximate surface area is 66.0 Å². The van der Waals surface area contributed by atoms with Gasteiger partial charge >= 0.3 is 5.97 Å². The van der Waals surface area contributed by atoms with Gasteiger partial charge in [-0.1, -0.05) is 6.92 Å². The topological polar surface area (TPSA) is 66.6 Å². The molecule has 1 unspecified atom stereocenters. The smallest absolute Gasteiger partial charge is 0.320 e. The molecule has 0 aromatic rings. The Kier molecular flexibility index (Phi) is 2.46. The molecule has 64 valence electrons. The number of aliphatic carboxylic acids is 1. The van der Waals surface area contributed by atoms with Crippen molar-refractivity contribution in [2.45, 2.75) is 32.0 Å². The zero-order valence-corrected chi connectivity index (χ0v) is 6.66. The van der Waals surface area contributed by atoms with Crippen molar-refractivity contribution in [2.24, 2.45) is 5.73 Å². The van der Waals surface area contributed by atoms with Crippen LogP contribution in [0.15, 0.2) is 0 Å². The summed E-state index contributed by atoms with van der Waals surface area (Å²) in [5.41, 5.74) is 5.68. The second-order valence-electron chi connectivity index (χ2n) is 2.83. The van der Waals surface area contributed by atoms with E-state index in [9.17, 15) is 4.79 Å². The largest absolute Gasteiger partial charge is 0.480 e. The van der Waals surface area contributed by atoms with Crippen molar-refractivity contribution < 1.29 is 9.90 Å². The van der Waals surface area contributed by atoms with Crippen molar-refractivity contribution in [3.63, 3.8) is 0 Å². The van der Waals surface area contributed by atoms with Gasteiger partial charge < -0.3 is 10.8 Å². The second kappa shape index (κ2) is 3.19. The molecule has 1 rings (SSSR count). The molecule has 0 saturated carbocycles. The predicted molar refractivity (Wildman–Crippen MR) is 41.0 cm³/mol. The number of rotatable bonds is 2. The van der Waals surface area contributed by atoms with E-state index in [0.717, 1.165) is 13.0 Å².